The van der Waals surface area contributed by atoms with Crippen LogP contribution in [0.5, 0.6) is 0 Å². The van der Waals surface area contributed by atoms with Gasteiger partial charge < -0.3 is 21.2 Å². The zero-order valence-corrected chi connectivity index (χ0v) is 22.2. The van der Waals surface area contributed by atoms with Crippen LogP contribution in [0.25, 0.3) is 33.2 Å². The summed E-state index contributed by atoms with van der Waals surface area (Å²) in [6.45, 7) is 4.59. The number of rotatable bonds is 8. The predicted molar refractivity (Wildman–Crippen MR) is 154 cm³/mol. The minimum absolute atomic E-state index is 0.204. The molecule has 7 nitrogen and oxygen atoms in total. The van der Waals surface area contributed by atoms with Gasteiger partial charge in [-0.15, -0.1) is 0 Å². The number of furan rings is 1. The van der Waals surface area contributed by atoms with Crippen LogP contribution in [0, 0.1) is 11.7 Å². The second kappa shape index (κ2) is 11.0. The summed E-state index contributed by atoms with van der Waals surface area (Å²) >= 11 is 0. The number of carbonyl (C=O) groups is 2. The van der Waals surface area contributed by atoms with Crippen molar-refractivity contribution in [1.29, 1.82) is 0 Å². The standard InChI is InChI=1S/C32H29FN4O3/c1-18(2)17-37-32(39)25-14-20(5-9-24(25)22-11-12-36-29(34)16-22)21-6-10-27-26(15-21)30(31(35)38)28(40-27)13-19-3-7-23(33)8-4-19/h3-12,14-16,18H,13,17H2,1-2H3,(H2,34,36)(H2,35,38)(H,37,39). The van der Waals surface area contributed by atoms with E-state index in [2.05, 4.69) is 10.3 Å². The number of halogens is 1. The number of amides is 2. The third-order valence-electron chi connectivity index (χ3n) is 6.65. The molecule has 8 heteroatoms. The Morgan fingerprint density at radius 3 is 2.38 bits per heavy atom. The van der Waals surface area contributed by atoms with Gasteiger partial charge in [0.25, 0.3) is 11.8 Å². The lowest BCUT2D eigenvalue weighted by atomic mass is 9.94. The maximum Gasteiger partial charge on any atom is 0.252 e. The monoisotopic (exact) mass is 536 g/mol. The van der Waals surface area contributed by atoms with Gasteiger partial charge in [-0.3, -0.25) is 9.59 Å². The summed E-state index contributed by atoms with van der Waals surface area (Å²) in [5.41, 5.74) is 16.8. The van der Waals surface area contributed by atoms with E-state index in [-0.39, 0.29) is 29.6 Å². The fraction of sp³-hybridized carbons (Fsp3) is 0.156. The Hall–Kier alpha value is -4.98. The van der Waals surface area contributed by atoms with Gasteiger partial charge in [-0.25, -0.2) is 9.37 Å². The van der Waals surface area contributed by atoms with Crippen LogP contribution in [0.1, 0.15) is 45.9 Å². The summed E-state index contributed by atoms with van der Waals surface area (Å²) in [7, 11) is 0. The normalized spacial score (nSPS) is 11.2. The lowest BCUT2D eigenvalue weighted by Gasteiger charge is -2.14. The molecule has 0 aliphatic rings. The van der Waals surface area contributed by atoms with E-state index in [9.17, 15) is 14.0 Å². The summed E-state index contributed by atoms with van der Waals surface area (Å²) in [6.07, 6.45) is 1.89. The van der Waals surface area contributed by atoms with E-state index in [0.717, 1.165) is 27.8 Å². The Balaban J connectivity index is 1.58. The zero-order chi connectivity index (χ0) is 28.4. The van der Waals surface area contributed by atoms with Crippen LogP contribution in [-0.4, -0.2) is 23.3 Å². The van der Waals surface area contributed by atoms with E-state index in [1.165, 1.54) is 12.1 Å². The Labute approximate surface area is 231 Å². The van der Waals surface area contributed by atoms with Crippen molar-refractivity contribution >= 4 is 28.6 Å². The highest BCUT2D eigenvalue weighted by atomic mass is 19.1. The molecular weight excluding hydrogens is 507 g/mol. The van der Waals surface area contributed by atoms with E-state index in [4.69, 9.17) is 15.9 Å². The summed E-state index contributed by atoms with van der Waals surface area (Å²) in [5, 5.41) is 3.57. The van der Waals surface area contributed by atoms with Gasteiger partial charge in [0.2, 0.25) is 0 Å². The molecule has 0 spiro atoms. The van der Waals surface area contributed by atoms with Crippen molar-refractivity contribution < 1.29 is 18.4 Å². The minimum atomic E-state index is -0.618. The molecule has 40 heavy (non-hydrogen) atoms. The zero-order valence-electron chi connectivity index (χ0n) is 22.2. The maximum absolute atomic E-state index is 13.4. The number of carbonyl (C=O) groups excluding carboxylic acids is 2. The number of nitrogens with one attached hydrogen (secondary N) is 1. The fourth-order valence-corrected chi connectivity index (χ4v) is 4.68. The van der Waals surface area contributed by atoms with Crippen LogP contribution in [0.4, 0.5) is 10.2 Å². The molecule has 2 aromatic heterocycles. The lowest BCUT2D eigenvalue weighted by Crippen LogP contribution is -2.27. The molecule has 0 radical (unpaired) electrons. The molecule has 0 atom stereocenters. The van der Waals surface area contributed by atoms with Crippen molar-refractivity contribution in [3.8, 4) is 22.3 Å². The molecule has 2 heterocycles. The van der Waals surface area contributed by atoms with Crippen LogP contribution in [0.3, 0.4) is 0 Å². The molecule has 0 saturated carbocycles. The number of pyridine rings is 1. The summed E-state index contributed by atoms with van der Waals surface area (Å²) in [6, 6.07) is 20.6. The number of nitrogens with two attached hydrogens (primary N) is 2. The fourth-order valence-electron chi connectivity index (χ4n) is 4.68. The van der Waals surface area contributed by atoms with E-state index < -0.39 is 5.91 Å². The van der Waals surface area contributed by atoms with Gasteiger partial charge in [0.05, 0.1) is 5.56 Å². The second-order valence-electron chi connectivity index (χ2n) is 10.1. The van der Waals surface area contributed by atoms with Crippen molar-refractivity contribution in [3.63, 3.8) is 0 Å². The van der Waals surface area contributed by atoms with Crippen molar-refractivity contribution in [2.24, 2.45) is 11.7 Å². The van der Waals surface area contributed by atoms with Gasteiger partial charge in [-0.05, 0) is 76.2 Å². The third-order valence-corrected chi connectivity index (χ3v) is 6.65. The van der Waals surface area contributed by atoms with Crippen LogP contribution in [0.2, 0.25) is 0 Å². The quantitative estimate of drug-likeness (QED) is 0.226. The number of nitrogens with zero attached hydrogens (tertiary/aromatic N) is 1. The number of primary amides is 1. The van der Waals surface area contributed by atoms with Crippen molar-refractivity contribution in [1.82, 2.24) is 10.3 Å². The Bertz CT molecular complexity index is 1720. The second-order valence-corrected chi connectivity index (χ2v) is 10.1. The molecule has 0 fully saturated rings. The maximum atomic E-state index is 13.4. The molecule has 5 N–H and O–H groups in total. The SMILES string of the molecule is CC(C)CNC(=O)c1cc(-c2ccc3oc(Cc4ccc(F)cc4)c(C(N)=O)c3c2)ccc1-c1ccnc(N)c1. The topological polar surface area (TPSA) is 124 Å². The molecule has 0 saturated heterocycles. The number of anilines is 1. The van der Waals surface area contributed by atoms with Gasteiger partial charge in [0.1, 0.15) is 23.0 Å². The smallest absolute Gasteiger partial charge is 0.252 e. The summed E-state index contributed by atoms with van der Waals surface area (Å²) in [5.74, 6) is -0.116. The Morgan fingerprint density at radius 1 is 0.950 bits per heavy atom. The van der Waals surface area contributed by atoms with Crippen molar-refractivity contribution in [2.75, 3.05) is 12.3 Å². The minimum Gasteiger partial charge on any atom is -0.460 e. The highest BCUT2D eigenvalue weighted by molar-refractivity contribution is 6.08. The predicted octanol–water partition coefficient (Wildman–Crippen LogP) is 5.96. The molecule has 0 bridgehead atoms. The number of nitrogen functional groups attached to an aromatic ring is 1. The van der Waals surface area contributed by atoms with Gasteiger partial charge in [-0.1, -0.05) is 44.2 Å². The van der Waals surface area contributed by atoms with E-state index in [1.54, 1.807) is 30.5 Å². The highest BCUT2D eigenvalue weighted by Gasteiger charge is 2.21. The van der Waals surface area contributed by atoms with Crippen LogP contribution in [-0.2, 0) is 6.42 Å². The number of hydrogen-bond donors (Lipinski definition) is 3. The first-order valence-corrected chi connectivity index (χ1v) is 12.9. The summed E-state index contributed by atoms with van der Waals surface area (Å²) < 4.78 is 19.4. The first-order valence-electron chi connectivity index (χ1n) is 12.9. The number of hydrogen-bond acceptors (Lipinski definition) is 5. The first kappa shape index (κ1) is 26.6. The number of fused-ring (bicyclic) bond motifs is 1. The average Bonchev–Trinajstić information content (AvgIpc) is 3.30. The summed E-state index contributed by atoms with van der Waals surface area (Å²) in [4.78, 5) is 29.9. The van der Waals surface area contributed by atoms with E-state index in [1.807, 2.05) is 50.2 Å². The molecular formula is C32H29FN4O3. The molecule has 0 aliphatic carbocycles. The molecule has 5 aromatic rings. The van der Waals surface area contributed by atoms with Crippen molar-refractivity contribution in [3.05, 3.63) is 107 Å². The Morgan fingerprint density at radius 2 is 1.68 bits per heavy atom. The van der Waals surface area contributed by atoms with Gasteiger partial charge >= 0.3 is 0 Å². The van der Waals surface area contributed by atoms with Crippen LogP contribution >= 0.6 is 0 Å². The van der Waals surface area contributed by atoms with Crippen LogP contribution < -0.4 is 16.8 Å². The van der Waals surface area contributed by atoms with E-state index in [0.29, 0.717) is 34.7 Å². The Kier molecular flexibility index (Phi) is 7.33. The highest BCUT2D eigenvalue weighted by Crippen LogP contribution is 2.34. The first-order chi connectivity index (χ1) is 19.2. The molecule has 202 valence electrons. The molecule has 5 rings (SSSR count). The van der Waals surface area contributed by atoms with Gasteiger partial charge in [0, 0.05) is 30.1 Å². The largest absolute Gasteiger partial charge is 0.460 e. The van der Waals surface area contributed by atoms with Crippen LogP contribution in [0.15, 0.2) is 83.4 Å². The average molecular weight is 537 g/mol. The molecule has 3 aromatic carbocycles. The lowest BCUT2D eigenvalue weighted by molar-refractivity contribution is 0.0948. The molecule has 0 aliphatic heterocycles. The molecule has 2 amide bonds. The van der Waals surface area contributed by atoms with Crippen molar-refractivity contribution in [2.45, 2.75) is 20.3 Å². The van der Waals surface area contributed by atoms with Gasteiger partial charge in [0.15, 0.2) is 0 Å². The molecule has 0 unspecified atom stereocenters. The number of benzene rings is 3. The third kappa shape index (κ3) is 5.56. The number of aromatic nitrogens is 1. The van der Waals surface area contributed by atoms with E-state index >= 15 is 0 Å². The van der Waals surface area contributed by atoms with Gasteiger partial charge in [-0.2, -0.15) is 0 Å².